The lowest BCUT2D eigenvalue weighted by Gasteiger charge is -2.28. The Labute approximate surface area is 211 Å². The molecule has 0 radical (unpaired) electrons. The van der Waals surface area contributed by atoms with Crippen LogP contribution in [0.2, 0.25) is 0 Å². The fourth-order valence-electron chi connectivity index (χ4n) is 6.12. The van der Waals surface area contributed by atoms with Crippen LogP contribution in [-0.4, -0.2) is 60.5 Å². The number of halogens is 1. The summed E-state index contributed by atoms with van der Waals surface area (Å²) in [4.78, 5) is 18.0. The third kappa shape index (κ3) is 4.50. The Hall–Kier alpha value is -2.90. The van der Waals surface area contributed by atoms with Gasteiger partial charge in [0.1, 0.15) is 18.2 Å². The van der Waals surface area contributed by atoms with Crippen molar-refractivity contribution >= 4 is 16.5 Å². The highest BCUT2D eigenvalue weighted by Gasteiger charge is 2.33. The minimum Gasteiger partial charge on any atom is -0.491 e. The lowest BCUT2D eigenvalue weighted by Crippen LogP contribution is -2.39. The zero-order valence-electron chi connectivity index (χ0n) is 20.9. The van der Waals surface area contributed by atoms with Crippen LogP contribution in [0, 0.1) is 5.82 Å². The number of benzene rings is 2. The van der Waals surface area contributed by atoms with Crippen LogP contribution in [0.3, 0.4) is 0 Å². The second kappa shape index (κ2) is 9.87. The summed E-state index contributed by atoms with van der Waals surface area (Å²) in [5, 5.41) is 1.38. The van der Waals surface area contributed by atoms with E-state index in [0.717, 1.165) is 56.6 Å². The predicted molar refractivity (Wildman–Crippen MR) is 140 cm³/mol. The molecule has 6 rings (SSSR count). The van der Waals surface area contributed by atoms with Gasteiger partial charge in [-0.25, -0.2) is 4.39 Å². The van der Waals surface area contributed by atoms with Gasteiger partial charge in [-0.2, -0.15) is 0 Å². The molecule has 1 aromatic heterocycles. The first-order valence-corrected chi connectivity index (χ1v) is 13.3. The van der Waals surface area contributed by atoms with E-state index in [9.17, 15) is 4.79 Å². The van der Waals surface area contributed by atoms with Gasteiger partial charge in [0.25, 0.3) is 5.56 Å². The molecule has 36 heavy (non-hydrogen) atoms. The number of ether oxygens (including phenoxy) is 2. The first-order chi connectivity index (χ1) is 17.6. The zero-order chi connectivity index (χ0) is 24.6. The Morgan fingerprint density at radius 1 is 1.06 bits per heavy atom. The maximum absolute atomic E-state index is 15.3. The first-order valence-electron chi connectivity index (χ1n) is 13.3. The topological polar surface area (TPSA) is 46.9 Å². The largest absolute Gasteiger partial charge is 0.491 e. The second-order valence-electron chi connectivity index (χ2n) is 10.4. The molecule has 0 N–H and O–H groups in total. The van der Waals surface area contributed by atoms with Crippen LogP contribution >= 0.6 is 0 Å². The SMILES string of the molecule is CC1CCCN1C1CCN(c2ccc(-n3ccc4cc(OC[C@H]5CCCO5)ccc4c3=O)cc2F)C1. The Bertz CT molecular complexity index is 1300. The lowest BCUT2D eigenvalue weighted by molar-refractivity contribution is 0.0680. The van der Waals surface area contributed by atoms with Gasteiger partial charge in [-0.05, 0) is 87.4 Å². The summed E-state index contributed by atoms with van der Waals surface area (Å²) in [6.45, 7) is 6.47. The average Bonchev–Trinajstić information content (AvgIpc) is 3.65. The molecule has 0 spiro atoms. The van der Waals surface area contributed by atoms with Crippen molar-refractivity contribution < 1.29 is 13.9 Å². The lowest BCUT2D eigenvalue weighted by atomic mass is 10.1. The molecule has 4 heterocycles. The highest BCUT2D eigenvalue weighted by Crippen LogP contribution is 2.30. The van der Waals surface area contributed by atoms with Crippen molar-refractivity contribution in [3.63, 3.8) is 0 Å². The van der Waals surface area contributed by atoms with E-state index in [2.05, 4.69) is 16.7 Å². The van der Waals surface area contributed by atoms with Gasteiger partial charge in [-0.3, -0.25) is 14.3 Å². The van der Waals surface area contributed by atoms with Crippen molar-refractivity contribution in [1.82, 2.24) is 9.47 Å². The maximum Gasteiger partial charge on any atom is 0.262 e. The number of hydrogen-bond acceptors (Lipinski definition) is 5. The van der Waals surface area contributed by atoms with E-state index in [0.29, 0.717) is 35.5 Å². The summed E-state index contributed by atoms with van der Waals surface area (Å²) in [7, 11) is 0. The summed E-state index contributed by atoms with van der Waals surface area (Å²) in [6.07, 6.45) is 7.52. The molecule has 0 bridgehead atoms. The van der Waals surface area contributed by atoms with E-state index in [1.54, 1.807) is 12.3 Å². The summed E-state index contributed by atoms with van der Waals surface area (Å²) in [5.41, 5.74) is 0.982. The highest BCUT2D eigenvalue weighted by atomic mass is 19.1. The van der Waals surface area contributed by atoms with Gasteiger partial charge in [0, 0.05) is 49.4 Å². The smallest absolute Gasteiger partial charge is 0.262 e. The van der Waals surface area contributed by atoms with Crippen molar-refractivity contribution in [3.8, 4) is 11.4 Å². The summed E-state index contributed by atoms with van der Waals surface area (Å²) in [6, 6.07) is 13.6. The van der Waals surface area contributed by atoms with Gasteiger partial charge < -0.3 is 14.4 Å². The maximum atomic E-state index is 15.3. The molecule has 3 atom stereocenters. The molecule has 0 aliphatic carbocycles. The molecule has 7 heteroatoms. The number of rotatable bonds is 6. The molecule has 6 nitrogen and oxygen atoms in total. The van der Waals surface area contributed by atoms with Crippen LogP contribution < -0.4 is 15.2 Å². The van der Waals surface area contributed by atoms with Crippen molar-refractivity contribution in [2.75, 3.05) is 37.7 Å². The van der Waals surface area contributed by atoms with Crippen LogP contribution in [0.5, 0.6) is 5.75 Å². The van der Waals surface area contributed by atoms with E-state index in [4.69, 9.17) is 9.47 Å². The van der Waals surface area contributed by atoms with Crippen molar-refractivity contribution in [2.45, 2.75) is 57.2 Å². The van der Waals surface area contributed by atoms with Crippen LogP contribution in [0.15, 0.2) is 53.5 Å². The normalized spacial score (nSPS) is 24.7. The molecule has 2 aromatic carbocycles. The van der Waals surface area contributed by atoms with Crippen molar-refractivity contribution in [2.24, 2.45) is 0 Å². The molecule has 0 amide bonds. The van der Waals surface area contributed by atoms with Gasteiger partial charge in [-0.1, -0.05) is 0 Å². The van der Waals surface area contributed by atoms with Gasteiger partial charge in [0.05, 0.1) is 17.5 Å². The third-order valence-corrected chi connectivity index (χ3v) is 8.12. The molecule has 190 valence electrons. The number of nitrogens with zero attached hydrogens (tertiary/aromatic N) is 3. The van der Waals surface area contributed by atoms with Crippen LogP contribution in [0.1, 0.15) is 39.0 Å². The van der Waals surface area contributed by atoms with Gasteiger partial charge in [-0.15, -0.1) is 0 Å². The van der Waals surface area contributed by atoms with E-state index in [1.165, 1.54) is 23.5 Å². The Kier molecular flexibility index (Phi) is 6.44. The second-order valence-corrected chi connectivity index (χ2v) is 10.4. The van der Waals surface area contributed by atoms with Crippen LogP contribution in [-0.2, 0) is 4.74 Å². The first kappa shape index (κ1) is 23.5. The number of anilines is 1. The Balaban J connectivity index is 1.19. The molecule has 3 aromatic rings. The number of fused-ring (bicyclic) bond motifs is 1. The number of likely N-dealkylation sites (tertiary alicyclic amines) is 1. The number of hydrogen-bond donors (Lipinski definition) is 0. The molecular weight excluding hydrogens is 457 g/mol. The summed E-state index contributed by atoms with van der Waals surface area (Å²) in [5.74, 6) is 0.435. The molecule has 3 fully saturated rings. The Morgan fingerprint density at radius 3 is 2.75 bits per heavy atom. The molecule has 3 aliphatic rings. The molecule has 2 unspecified atom stereocenters. The standard InChI is InChI=1S/C29H34FN3O3/c1-20-4-2-12-32(20)23-11-13-31(18-23)28-9-6-22(17-27(28)30)33-14-10-21-16-24(7-8-26(21)29(33)34)36-19-25-5-3-15-35-25/h6-10,14,16-17,20,23,25H,2-5,11-13,15,18-19H2,1H3/t20?,23?,25-/m1/s1. The van der Waals surface area contributed by atoms with Crippen molar-refractivity contribution in [1.29, 1.82) is 0 Å². The number of pyridine rings is 1. The number of aromatic nitrogens is 1. The summed E-state index contributed by atoms with van der Waals surface area (Å²) < 4.78 is 28.3. The molecule has 3 aliphatic heterocycles. The average molecular weight is 492 g/mol. The van der Waals surface area contributed by atoms with Gasteiger partial charge >= 0.3 is 0 Å². The zero-order valence-corrected chi connectivity index (χ0v) is 20.9. The predicted octanol–water partition coefficient (Wildman–Crippen LogP) is 4.75. The monoisotopic (exact) mass is 491 g/mol. The molecule has 0 saturated carbocycles. The van der Waals surface area contributed by atoms with Crippen molar-refractivity contribution in [3.05, 3.63) is 64.8 Å². The van der Waals surface area contributed by atoms with Gasteiger partial charge in [0.15, 0.2) is 0 Å². The van der Waals surface area contributed by atoms with E-state index in [-0.39, 0.29) is 17.5 Å². The third-order valence-electron chi connectivity index (χ3n) is 8.12. The molecular formula is C29H34FN3O3. The fraction of sp³-hybridized carbons (Fsp3) is 0.483. The Morgan fingerprint density at radius 2 is 1.97 bits per heavy atom. The molecule has 3 saturated heterocycles. The quantitative estimate of drug-likeness (QED) is 0.498. The van der Waals surface area contributed by atoms with Crippen LogP contribution in [0.25, 0.3) is 16.5 Å². The van der Waals surface area contributed by atoms with Gasteiger partial charge in [0.2, 0.25) is 0 Å². The van der Waals surface area contributed by atoms with Crippen LogP contribution in [0.4, 0.5) is 10.1 Å². The minimum absolute atomic E-state index is 0.141. The fourth-order valence-corrected chi connectivity index (χ4v) is 6.12. The summed E-state index contributed by atoms with van der Waals surface area (Å²) >= 11 is 0. The highest BCUT2D eigenvalue weighted by molar-refractivity contribution is 5.83. The van der Waals surface area contributed by atoms with E-state index in [1.807, 2.05) is 30.3 Å². The van der Waals surface area contributed by atoms with E-state index >= 15 is 4.39 Å². The van der Waals surface area contributed by atoms with E-state index < -0.39 is 0 Å². The minimum atomic E-state index is -0.285.